The predicted octanol–water partition coefficient (Wildman–Crippen LogP) is 6.01. The van der Waals surface area contributed by atoms with E-state index in [1.165, 1.54) is 57.8 Å². The minimum atomic E-state index is 0.830. The largest absolute Gasteiger partial charge is 0.0654 e. The SMILES string of the molecule is CCCCCCCCC(C)[CH]C(CC)CC. The smallest absolute Gasteiger partial charge is 0.0327 e. The van der Waals surface area contributed by atoms with Gasteiger partial charge < -0.3 is 0 Å². The number of hydrogen-bond acceptors (Lipinski definition) is 0. The maximum Gasteiger partial charge on any atom is -0.0327 e. The first-order chi connectivity index (χ1) is 7.74. The lowest BCUT2D eigenvalue weighted by molar-refractivity contribution is 0.448. The Hall–Kier alpha value is 0. The Labute approximate surface area is 104 Å². The average molecular weight is 225 g/mol. The number of unbranched alkanes of at least 4 members (excludes halogenated alkanes) is 5. The van der Waals surface area contributed by atoms with E-state index in [-0.39, 0.29) is 0 Å². The summed E-state index contributed by atoms with van der Waals surface area (Å²) in [5.74, 6) is 1.69. The van der Waals surface area contributed by atoms with Gasteiger partial charge in [0.15, 0.2) is 0 Å². The molecule has 0 saturated carbocycles. The van der Waals surface area contributed by atoms with Crippen molar-refractivity contribution in [2.75, 3.05) is 0 Å². The minimum Gasteiger partial charge on any atom is -0.0654 e. The summed E-state index contributed by atoms with van der Waals surface area (Å²) in [5.41, 5.74) is 0. The van der Waals surface area contributed by atoms with Gasteiger partial charge in [-0.15, -0.1) is 0 Å². The van der Waals surface area contributed by atoms with Crippen LogP contribution in [0, 0.1) is 18.3 Å². The normalized spacial score (nSPS) is 13.3. The topological polar surface area (TPSA) is 0 Å². The van der Waals surface area contributed by atoms with Crippen LogP contribution in [0.4, 0.5) is 0 Å². The van der Waals surface area contributed by atoms with Crippen LogP contribution in [0.1, 0.15) is 85.5 Å². The highest BCUT2D eigenvalue weighted by atomic mass is 14.1. The first-order valence-electron chi connectivity index (χ1n) is 7.59. The van der Waals surface area contributed by atoms with Crippen molar-refractivity contribution in [3.63, 3.8) is 0 Å². The molecular formula is C16H33. The zero-order chi connectivity index (χ0) is 12.2. The van der Waals surface area contributed by atoms with E-state index in [0.29, 0.717) is 0 Å². The van der Waals surface area contributed by atoms with E-state index in [1.807, 2.05) is 0 Å². The molecule has 0 N–H and O–H groups in total. The number of rotatable bonds is 11. The third-order valence-corrected chi connectivity index (χ3v) is 3.66. The third-order valence-electron chi connectivity index (χ3n) is 3.66. The molecule has 0 nitrogen and oxygen atoms in total. The van der Waals surface area contributed by atoms with Crippen LogP contribution in [0.5, 0.6) is 0 Å². The Morgan fingerprint density at radius 1 is 0.812 bits per heavy atom. The highest BCUT2D eigenvalue weighted by Gasteiger charge is 2.09. The highest BCUT2D eigenvalue weighted by molar-refractivity contribution is 4.79. The van der Waals surface area contributed by atoms with E-state index in [9.17, 15) is 0 Å². The highest BCUT2D eigenvalue weighted by Crippen LogP contribution is 2.21. The van der Waals surface area contributed by atoms with E-state index in [4.69, 9.17) is 0 Å². The Kier molecular flexibility index (Phi) is 11.5. The maximum absolute atomic E-state index is 2.59. The fourth-order valence-corrected chi connectivity index (χ4v) is 2.37. The summed E-state index contributed by atoms with van der Waals surface area (Å²) in [4.78, 5) is 0. The Morgan fingerprint density at radius 3 is 1.94 bits per heavy atom. The summed E-state index contributed by atoms with van der Waals surface area (Å²) in [6, 6.07) is 0. The molecule has 0 aliphatic heterocycles. The van der Waals surface area contributed by atoms with Crippen molar-refractivity contribution in [3.8, 4) is 0 Å². The predicted molar refractivity (Wildman–Crippen MR) is 75.5 cm³/mol. The van der Waals surface area contributed by atoms with E-state index in [1.54, 1.807) is 0 Å². The van der Waals surface area contributed by atoms with Crippen LogP contribution in [0.3, 0.4) is 0 Å². The standard InChI is InChI=1S/C16H33/c1-5-8-9-10-11-12-13-15(4)14-16(6-2)7-3/h14-16H,5-13H2,1-4H3. The molecule has 0 saturated heterocycles. The van der Waals surface area contributed by atoms with Gasteiger partial charge in [-0.25, -0.2) is 0 Å². The molecule has 0 rings (SSSR count). The van der Waals surface area contributed by atoms with Gasteiger partial charge in [0.1, 0.15) is 0 Å². The van der Waals surface area contributed by atoms with Gasteiger partial charge in [-0.3, -0.25) is 0 Å². The Bertz CT molecular complexity index is 124. The van der Waals surface area contributed by atoms with E-state index in [2.05, 4.69) is 34.1 Å². The molecular weight excluding hydrogens is 192 g/mol. The lowest BCUT2D eigenvalue weighted by Crippen LogP contribution is -2.06. The van der Waals surface area contributed by atoms with Gasteiger partial charge in [0.25, 0.3) is 0 Å². The monoisotopic (exact) mass is 225 g/mol. The lowest BCUT2D eigenvalue weighted by atomic mass is 9.88. The summed E-state index contributed by atoms with van der Waals surface area (Å²) in [5, 5.41) is 0. The summed E-state index contributed by atoms with van der Waals surface area (Å²) in [6.45, 7) is 9.29. The molecule has 0 aromatic rings. The van der Waals surface area contributed by atoms with E-state index < -0.39 is 0 Å². The first kappa shape index (κ1) is 16.0. The van der Waals surface area contributed by atoms with Crippen LogP contribution in [0.15, 0.2) is 0 Å². The van der Waals surface area contributed by atoms with Crippen LogP contribution in [-0.2, 0) is 0 Å². The molecule has 1 radical (unpaired) electrons. The molecule has 0 aliphatic carbocycles. The molecule has 0 aromatic carbocycles. The molecule has 0 heteroatoms. The molecule has 16 heavy (non-hydrogen) atoms. The molecule has 0 bridgehead atoms. The zero-order valence-electron chi connectivity index (χ0n) is 12.1. The van der Waals surface area contributed by atoms with Crippen LogP contribution in [-0.4, -0.2) is 0 Å². The van der Waals surface area contributed by atoms with Crippen LogP contribution < -0.4 is 0 Å². The summed E-state index contributed by atoms with van der Waals surface area (Å²) < 4.78 is 0. The molecule has 0 fully saturated rings. The molecule has 0 aromatic heterocycles. The van der Waals surface area contributed by atoms with Gasteiger partial charge in [0, 0.05) is 0 Å². The lowest BCUT2D eigenvalue weighted by Gasteiger charge is -2.17. The molecule has 0 amide bonds. The molecule has 0 aliphatic rings. The van der Waals surface area contributed by atoms with Crippen molar-refractivity contribution in [1.82, 2.24) is 0 Å². The van der Waals surface area contributed by atoms with Crippen molar-refractivity contribution in [2.45, 2.75) is 85.5 Å². The summed E-state index contributed by atoms with van der Waals surface area (Å²) in [6.07, 6.45) is 15.2. The number of hydrogen-bond donors (Lipinski definition) is 0. The second kappa shape index (κ2) is 11.5. The molecule has 0 spiro atoms. The van der Waals surface area contributed by atoms with E-state index in [0.717, 1.165) is 11.8 Å². The fraction of sp³-hybridized carbons (Fsp3) is 0.938. The minimum absolute atomic E-state index is 0.830. The van der Waals surface area contributed by atoms with Crippen molar-refractivity contribution in [2.24, 2.45) is 11.8 Å². The quantitative estimate of drug-likeness (QED) is 0.377. The van der Waals surface area contributed by atoms with Gasteiger partial charge in [-0.1, -0.05) is 85.5 Å². The first-order valence-corrected chi connectivity index (χ1v) is 7.59. The zero-order valence-corrected chi connectivity index (χ0v) is 12.1. The van der Waals surface area contributed by atoms with E-state index >= 15 is 0 Å². The van der Waals surface area contributed by atoms with Gasteiger partial charge in [0.05, 0.1) is 0 Å². The third kappa shape index (κ3) is 9.24. The molecule has 97 valence electrons. The van der Waals surface area contributed by atoms with Gasteiger partial charge in [0.2, 0.25) is 0 Å². The second-order valence-corrected chi connectivity index (χ2v) is 5.30. The van der Waals surface area contributed by atoms with Crippen molar-refractivity contribution < 1.29 is 0 Å². The van der Waals surface area contributed by atoms with Crippen molar-refractivity contribution in [1.29, 1.82) is 0 Å². The summed E-state index contributed by atoms with van der Waals surface area (Å²) in [7, 11) is 0. The van der Waals surface area contributed by atoms with Crippen molar-refractivity contribution >= 4 is 0 Å². The fourth-order valence-electron chi connectivity index (χ4n) is 2.37. The van der Waals surface area contributed by atoms with Crippen LogP contribution >= 0.6 is 0 Å². The second-order valence-electron chi connectivity index (χ2n) is 5.30. The molecule has 0 heterocycles. The Morgan fingerprint density at radius 2 is 1.38 bits per heavy atom. The maximum atomic E-state index is 2.59. The molecule has 1 unspecified atom stereocenters. The van der Waals surface area contributed by atoms with Crippen LogP contribution in [0.2, 0.25) is 0 Å². The van der Waals surface area contributed by atoms with Gasteiger partial charge in [-0.05, 0) is 18.3 Å². The summed E-state index contributed by atoms with van der Waals surface area (Å²) >= 11 is 0. The van der Waals surface area contributed by atoms with Crippen molar-refractivity contribution in [3.05, 3.63) is 6.42 Å². The van der Waals surface area contributed by atoms with Crippen LogP contribution in [0.25, 0.3) is 0 Å². The molecule has 1 atom stereocenters. The average Bonchev–Trinajstić information content (AvgIpc) is 2.30. The van der Waals surface area contributed by atoms with Gasteiger partial charge >= 0.3 is 0 Å². The van der Waals surface area contributed by atoms with Gasteiger partial charge in [-0.2, -0.15) is 0 Å². The Balaban J connectivity index is 3.32.